The lowest BCUT2D eigenvalue weighted by Crippen LogP contribution is -2.41. The van der Waals surface area contributed by atoms with Gasteiger partial charge in [-0.3, -0.25) is 4.99 Å². The lowest BCUT2D eigenvalue weighted by atomic mass is 10.2. The predicted octanol–water partition coefficient (Wildman–Crippen LogP) is 1.92. The Hall–Kier alpha value is -0.290. The molecule has 0 aromatic heterocycles. The summed E-state index contributed by atoms with van der Waals surface area (Å²) in [6.07, 6.45) is -1.45. The van der Waals surface area contributed by atoms with E-state index in [0.717, 1.165) is 19.4 Å². The van der Waals surface area contributed by atoms with Crippen molar-refractivity contribution in [2.45, 2.75) is 31.5 Å². The second-order valence-corrected chi connectivity index (χ2v) is 4.54. The molecule has 1 rings (SSSR count). The highest BCUT2D eigenvalue weighted by Gasteiger charge is 2.27. The molecule has 0 radical (unpaired) electrons. The fourth-order valence-corrected chi connectivity index (χ4v) is 1.81. The summed E-state index contributed by atoms with van der Waals surface area (Å²) in [6, 6.07) is 0. The fraction of sp³-hybridized carbons (Fsp3) is 0.917. The Kier molecular flexibility index (Phi) is 11.1. The van der Waals surface area contributed by atoms with Gasteiger partial charge in [-0.15, -0.1) is 24.0 Å². The van der Waals surface area contributed by atoms with E-state index in [1.165, 1.54) is 0 Å². The number of aliphatic imine (C=N–C) groups is 1. The maximum atomic E-state index is 11.8. The van der Waals surface area contributed by atoms with Crippen LogP contribution >= 0.6 is 24.0 Å². The van der Waals surface area contributed by atoms with Crippen LogP contribution in [0.4, 0.5) is 13.2 Å². The van der Waals surface area contributed by atoms with Gasteiger partial charge in [-0.2, -0.15) is 13.2 Å². The number of nitrogens with one attached hydrogen (secondary N) is 2. The van der Waals surface area contributed by atoms with Crippen LogP contribution in [-0.4, -0.2) is 58.2 Å². The van der Waals surface area contributed by atoms with Crippen LogP contribution < -0.4 is 10.6 Å². The van der Waals surface area contributed by atoms with Crippen molar-refractivity contribution in [2.75, 3.05) is 40.0 Å². The van der Waals surface area contributed by atoms with Crippen molar-refractivity contribution in [2.24, 2.45) is 4.99 Å². The Balaban J connectivity index is 0.00000400. The van der Waals surface area contributed by atoms with Crippen molar-refractivity contribution in [1.29, 1.82) is 0 Å². The molecule has 0 saturated carbocycles. The summed E-state index contributed by atoms with van der Waals surface area (Å²) in [6.45, 7) is 0.858. The van der Waals surface area contributed by atoms with E-state index in [4.69, 9.17) is 4.74 Å². The molecule has 0 aliphatic carbocycles. The molecule has 21 heavy (non-hydrogen) atoms. The first-order valence-corrected chi connectivity index (χ1v) is 6.72. The Labute approximate surface area is 140 Å². The van der Waals surface area contributed by atoms with Gasteiger partial charge in [-0.1, -0.05) is 0 Å². The second-order valence-electron chi connectivity index (χ2n) is 4.54. The summed E-state index contributed by atoms with van der Waals surface area (Å²) in [5.74, 6) is 0.622. The fourth-order valence-electron chi connectivity index (χ4n) is 1.81. The maximum Gasteiger partial charge on any atom is 0.411 e. The van der Waals surface area contributed by atoms with Crippen LogP contribution in [0.25, 0.3) is 0 Å². The normalized spacial score (nSPS) is 19.2. The summed E-state index contributed by atoms with van der Waals surface area (Å²) >= 11 is 0. The van der Waals surface area contributed by atoms with Crippen molar-refractivity contribution in [3.05, 3.63) is 0 Å². The highest BCUT2D eigenvalue weighted by Crippen LogP contribution is 2.14. The van der Waals surface area contributed by atoms with Crippen LogP contribution in [-0.2, 0) is 9.47 Å². The molecule has 1 fully saturated rings. The number of guanidine groups is 1. The van der Waals surface area contributed by atoms with E-state index in [9.17, 15) is 13.2 Å². The van der Waals surface area contributed by atoms with Gasteiger partial charge in [-0.05, 0) is 19.3 Å². The molecule has 0 bridgehead atoms. The van der Waals surface area contributed by atoms with Crippen molar-refractivity contribution < 1.29 is 22.6 Å². The molecule has 1 heterocycles. The summed E-state index contributed by atoms with van der Waals surface area (Å²) in [7, 11) is 1.64. The van der Waals surface area contributed by atoms with E-state index in [2.05, 4.69) is 20.4 Å². The Morgan fingerprint density at radius 2 is 2.14 bits per heavy atom. The standard InChI is InChI=1S/C12H22F3N3O2.HI/c1-16-11(18-8-10-4-2-7-20-10)17-5-3-6-19-9-12(13,14)15;/h10H,2-9H2,1H3,(H2,16,17,18);1H. The third kappa shape index (κ3) is 11.0. The highest BCUT2D eigenvalue weighted by atomic mass is 127. The van der Waals surface area contributed by atoms with E-state index < -0.39 is 12.8 Å². The number of ether oxygens (including phenoxy) is 2. The minimum atomic E-state index is -4.26. The predicted molar refractivity (Wildman–Crippen MR) is 85.2 cm³/mol. The van der Waals surface area contributed by atoms with E-state index >= 15 is 0 Å². The molecule has 126 valence electrons. The third-order valence-electron chi connectivity index (χ3n) is 2.77. The van der Waals surface area contributed by atoms with Gasteiger partial charge in [0.15, 0.2) is 5.96 Å². The van der Waals surface area contributed by atoms with E-state index in [1.807, 2.05) is 0 Å². The lowest BCUT2D eigenvalue weighted by Gasteiger charge is -2.15. The van der Waals surface area contributed by atoms with Gasteiger partial charge in [0.25, 0.3) is 0 Å². The number of hydrogen-bond acceptors (Lipinski definition) is 3. The van der Waals surface area contributed by atoms with Crippen molar-refractivity contribution in [3.8, 4) is 0 Å². The number of hydrogen-bond donors (Lipinski definition) is 2. The van der Waals surface area contributed by atoms with Crippen molar-refractivity contribution in [1.82, 2.24) is 10.6 Å². The quantitative estimate of drug-likeness (QED) is 0.283. The third-order valence-corrected chi connectivity index (χ3v) is 2.77. The van der Waals surface area contributed by atoms with Gasteiger partial charge in [0, 0.05) is 33.4 Å². The zero-order valence-corrected chi connectivity index (χ0v) is 14.4. The molecule has 1 aliphatic rings. The largest absolute Gasteiger partial charge is 0.411 e. The molecule has 2 N–H and O–H groups in total. The molecule has 9 heteroatoms. The average Bonchev–Trinajstić information content (AvgIpc) is 2.89. The van der Waals surface area contributed by atoms with E-state index in [0.29, 0.717) is 25.5 Å². The number of nitrogens with zero attached hydrogens (tertiary/aromatic N) is 1. The Morgan fingerprint density at radius 1 is 1.38 bits per heavy atom. The monoisotopic (exact) mass is 425 g/mol. The highest BCUT2D eigenvalue weighted by molar-refractivity contribution is 14.0. The zero-order chi connectivity index (χ0) is 14.8. The number of rotatable bonds is 7. The topological polar surface area (TPSA) is 54.9 Å². The summed E-state index contributed by atoms with van der Waals surface area (Å²) < 4.78 is 45.4. The van der Waals surface area contributed by atoms with Gasteiger partial charge >= 0.3 is 6.18 Å². The second kappa shape index (κ2) is 11.3. The summed E-state index contributed by atoms with van der Waals surface area (Å²) in [5, 5.41) is 6.13. The van der Waals surface area contributed by atoms with Gasteiger partial charge < -0.3 is 20.1 Å². The van der Waals surface area contributed by atoms with Crippen LogP contribution in [0.2, 0.25) is 0 Å². The molecular formula is C12H23F3IN3O2. The smallest absolute Gasteiger partial charge is 0.376 e. The van der Waals surface area contributed by atoms with Gasteiger partial charge in [-0.25, -0.2) is 0 Å². The van der Waals surface area contributed by atoms with Crippen LogP contribution in [0.5, 0.6) is 0 Å². The van der Waals surface area contributed by atoms with Crippen LogP contribution in [0.15, 0.2) is 4.99 Å². The van der Waals surface area contributed by atoms with Gasteiger partial charge in [0.05, 0.1) is 6.10 Å². The first-order valence-electron chi connectivity index (χ1n) is 6.72. The minimum absolute atomic E-state index is 0. The van der Waals surface area contributed by atoms with Crippen molar-refractivity contribution >= 4 is 29.9 Å². The van der Waals surface area contributed by atoms with Crippen molar-refractivity contribution in [3.63, 3.8) is 0 Å². The molecule has 0 spiro atoms. The SMILES string of the molecule is CN=C(NCCCOCC(F)(F)F)NCC1CCCO1.I. The molecule has 0 amide bonds. The molecule has 1 atom stereocenters. The lowest BCUT2D eigenvalue weighted by molar-refractivity contribution is -0.173. The molecular weight excluding hydrogens is 402 g/mol. The van der Waals surface area contributed by atoms with Crippen LogP contribution in [0.3, 0.4) is 0 Å². The van der Waals surface area contributed by atoms with E-state index in [-0.39, 0.29) is 36.7 Å². The zero-order valence-electron chi connectivity index (χ0n) is 12.0. The molecule has 1 aliphatic heterocycles. The summed E-state index contributed by atoms with van der Waals surface area (Å²) in [4.78, 5) is 4.02. The maximum absolute atomic E-state index is 11.8. The first kappa shape index (κ1) is 20.7. The Morgan fingerprint density at radius 3 is 2.71 bits per heavy atom. The van der Waals surface area contributed by atoms with Crippen LogP contribution in [0, 0.1) is 0 Å². The van der Waals surface area contributed by atoms with E-state index in [1.54, 1.807) is 7.05 Å². The molecule has 1 saturated heterocycles. The molecule has 1 unspecified atom stereocenters. The van der Waals surface area contributed by atoms with Gasteiger partial charge in [0.1, 0.15) is 6.61 Å². The Bertz CT molecular complexity index is 298. The molecule has 5 nitrogen and oxygen atoms in total. The number of halogens is 4. The minimum Gasteiger partial charge on any atom is -0.376 e. The summed E-state index contributed by atoms with van der Waals surface area (Å²) in [5.41, 5.74) is 0. The first-order chi connectivity index (χ1) is 9.51. The molecule has 0 aromatic rings. The number of alkyl halides is 3. The van der Waals surface area contributed by atoms with Crippen LogP contribution in [0.1, 0.15) is 19.3 Å². The molecule has 0 aromatic carbocycles. The average molecular weight is 425 g/mol. The van der Waals surface area contributed by atoms with Gasteiger partial charge in [0.2, 0.25) is 0 Å².